The maximum Gasteiger partial charge on any atom is 1.00 e. The fourth-order valence-electron chi connectivity index (χ4n) is 3.09. The van der Waals surface area contributed by atoms with E-state index in [0.29, 0.717) is 6.42 Å². The fraction of sp³-hybridized carbons (Fsp3) is 0.857. The second-order valence-electron chi connectivity index (χ2n) is 5.48. The first-order chi connectivity index (χ1) is 10.1. The van der Waals surface area contributed by atoms with Crippen LogP contribution in [-0.4, -0.2) is 35.1 Å². The Bertz CT molecular complexity index is 505. The maximum absolute atomic E-state index is 11.9. The minimum atomic E-state index is -5.22. The molecule has 0 aliphatic rings. The van der Waals surface area contributed by atoms with E-state index in [9.17, 15) is 32.8 Å². The third-order valence-corrected chi connectivity index (χ3v) is 6.17. The molecule has 0 radical (unpaired) electrons. The molecule has 138 valence electrons. The molecule has 0 saturated carbocycles. The summed E-state index contributed by atoms with van der Waals surface area (Å²) in [5, 5.41) is 23.3. The van der Waals surface area contributed by atoms with Gasteiger partial charge in [0.25, 0.3) is 10.1 Å². The maximum atomic E-state index is 11.9. The molecular weight excluding hydrogens is 374 g/mol. The van der Waals surface area contributed by atoms with Crippen LogP contribution in [0.2, 0.25) is 0 Å². The van der Waals surface area contributed by atoms with Crippen LogP contribution in [0.15, 0.2) is 0 Å². The predicted molar refractivity (Wildman–Crippen MR) is 79.7 cm³/mol. The number of hydrogen-bond donors (Lipinski definition) is 1. The van der Waals surface area contributed by atoms with E-state index in [1.807, 2.05) is 6.92 Å². The van der Waals surface area contributed by atoms with Gasteiger partial charge in [0, 0.05) is 11.4 Å². The van der Waals surface area contributed by atoms with Crippen LogP contribution in [0.3, 0.4) is 0 Å². The smallest absolute Gasteiger partial charge is 0.549 e. The van der Waals surface area contributed by atoms with Crippen molar-refractivity contribution in [2.45, 2.75) is 70.5 Å². The Morgan fingerprint density at radius 2 is 1.36 bits per heavy atom. The van der Waals surface area contributed by atoms with Gasteiger partial charge in [-0.15, -0.1) is 0 Å². The van der Waals surface area contributed by atoms with Gasteiger partial charge in [-0.3, -0.25) is 4.55 Å². The average Bonchev–Trinajstić information content (AvgIpc) is 2.40. The molecule has 0 aromatic carbocycles. The second kappa shape index (κ2) is 13.9. The van der Waals surface area contributed by atoms with Crippen molar-refractivity contribution in [1.29, 1.82) is 0 Å². The first kappa shape index (κ1) is 33.4. The number of unbranched alkanes of at least 4 members (excludes halogenated alkanes) is 3. The van der Waals surface area contributed by atoms with Gasteiger partial charge >= 0.3 is 59.1 Å². The van der Waals surface area contributed by atoms with Crippen molar-refractivity contribution in [3.8, 4) is 0 Å². The Kier molecular flexibility index (Phi) is 18.6. The molecule has 11 heteroatoms. The van der Waals surface area contributed by atoms with Crippen molar-refractivity contribution in [3.05, 3.63) is 0 Å². The van der Waals surface area contributed by atoms with Crippen LogP contribution in [0.5, 0.6) is 0 Å². The Hall–Kier alpha value is 0.810. The van der Waals surface area contributed by atoms with Crippen molar-refractivity contribution >= 4 is 22.1 Å². The summed E-state index contributed by atoms with van der Waals surface area (Å²) in [7, 11) is -5.22. The molecule has 1 unspecified atom stereocenters. The van der Waals surface area contributed by atoms with E-state index in [2.05, 4.69) is 0 Å². The zero-order valence-corrected chi connectivity index (χ0v) is 20.6. The number of carbonyl (C=O) groups excluding carboxylic acids is 2. The van der Waals surface area contributed by atoms with Gasteiger partial charge in [0.05, 0.1) is 5.97 Å². The molecule has 0 fully saturated rings. The van der Waals surface area contributed by atoms with Gasteiger partial charge in [-0.1, -0.05) is 46.5 Å². The molecule has 0 aromatic rings. The molecule has 0 rings (SSSR count). The van der Waals surface area contributed by atoms with Crippen molar-refractivity contribution in [2.24, 2.45) is 5.41 Å². The molecule has 0 heterocycles. The van der Waals surface area contributed by atoms with Crippen LogP contribution in [0.25, 0.3) is 0 Å². The number of rotatable bonds is 11. The van der Waals surface area contributed by atoms with E-state index >= 15 is 0 Å². The molecule has 0 aliphatic heterocycles. The predicted octanol–water partition coefficient (Wildman–Crippen LogP) is -6.93. The molecular formula is C14H26Na2O8S. The Morgan fingerprint density at radius 1 is 0.920 bits per heavy atom. The van der Waals surface area contributed by atoms with Gasteiger partial charge in [0.1, 0.15) is 4.75 Å². The first-order valence-electron chi connectivity index (χ1n) is 7.47. The Labute approximate surface area is 193 Å². The van der Waals surface area contributed by atoms with E-state index in [4.69, 9.17) is 0 Å². The summed E-state index contributed by atoms with van der Waals surface area (Å²) in [5.41, 5.74) is -2.24. The summed E-state index contributed by atoms with van der Waals surface area (Å²) < 4.78 is 30.4. The SMILES string of the molecule is CCCCCCC(C(=O)[O-])(C(CC)(CC)C(=O)[O-])S(=O)(=O)O.O.[Na+].[Na+]. The van der Waals surface area contributed by atoms with Gasteiger partial charge in [-0.05, 0) is 19.3 Å². The molecule has 3 N–H and O–H groups in total. The molecule has 0 spiro atoms. The molecule has 0 saturated heterocycles. The summed E-state index contributed by atoms with van der Waals surface area (Å²) in [6.45, 7) is 4.63. The van der Waals surface area contributed by atoms with E-state index in [1.165, 1.54) is 13.8 Å². The van der Waals surface area contributed by atoms with Gasteiger partial charge in [0.15, 0.2) is 0 Å². The van der Waals surface area contributed by atoms with Crippen LogP contribution in [0.1, 0.15) is 65.7 Å². The quantitative estimate of drug-likeness (QED) is 0.204. The molecule has 25 heavy (non-hydrogen) atoms. The van der Waals surface area contributed by atoms with Crippen LogP contribution >= 0.6 is 0 Å². The van der Waals surface area contributed by atoms with Crippen molar-refractivity contribution in [3.63, 3.8) is 0 Å². The summed E-state index contributed by atoms with van der Waals surface area (Å²) in [5.74, 6) is -3.91. The topological polar surface area (TPSA) is 166 Å². The van der Waals surface area contributed by atoms with Gasteiger partial charge in [-0.2, -0.15) is 8.42 Å². The van der Waals surface area contributed by atoms with Crippen molar-refractivity contribution in [2.75, 3.05) is 0 Å². The zero-order valence-electron chi connectivity index (χ0n) is 15.8. The number of hydrogen-bond acceptors (Lipinski definition) is 6. The summed E-state index contributed by atoms with van der Waals surface area (Å²) >= 11 is 0. The van der Waals surface area contributed by atoms with Crippen molar-refractivity contribution in [1.82, 2.24) is 0 Å². The van der Waals surface area contributed by atoms with Gasteiger partial charge < -0.3 is 25.3 Å². The van der Waals surface area contributed by atoms with E-state index in [-0.39, 0.29) is 83.9 Å². The average molecular weight is 400 g/mol. The number of carboxylic acids is 2. The first-order valence-corrected chi connectivity index (χ1v) is 8.91. The van der Waals surface area contributed by atoms with Crippen LogP contribution in [0, 0.1) is 5.41 Å². The fourth-order valence-corrected chi connectivity index (χ4v) is 4.57. The monoisotopic (exact) mass is 400 g/mol. The van der Waals surface area contributed by atoms with Gasteiger partial charge in [-0.25, -0.2) is 0 Å². The molecule has 0 bridgehead atoms. The van der Waals surface area contributed by atoms with Crippen LogP contribution < -0.4 is 69.3 Å². The molecule has 8 nitrogen and oxygen atoms in total. The minimum absolute atomic E-state index is 0. The molecule has 0 aliphatic carbocycles. The largest absolute Gasteiger partial charge is 1.00 e. The van der Waals surface area contributed by atoms with Crippen LogP contribution in [-0.2, 0) is 19.7 Å². The number of carbonyl (C=O) groups is 2. The zero-order chi connectivity index (χ0) is 17.6. The van der Waals surface area contributed by atoms with Gasteiger partial charge in [0.2, 0.25) is 0 Å². The summed E-state index contributed by atoms with van der Waals surface area (Å²) in [6.07, 6.45) is 1.10. The molecule has 0 aromatic heterocycles. The summed E-state index contributed by atoms with van der Waals surface area (Å²) in [4.78, 5) is 23.3. The Morgan fingerprint density at radius 3 is 1.60 bits per heavy atom. The van der Waals surface area contributed by atoms with E-state index < -0.39 is 38.6 Å². The second-order valence-corrected chi connectivity index (χ2v) is 7.12. The third-order valence-electron chi connectivity index (χ3n) is 4.52. The van der Waals surface area contributed by atoms with E-state index in [1.54, 1.807) is 0 Å². The third kappa shape index (κ3) is 6.73. The summed E-state index contributed by atoms with van der Waals surface area (Å²) in [6, 6.07) is 0. The van der Waals surface area contributed by atoms with Crippen molar-refractivity contribution < 1.29 is 97.4 Å². The molecule has 0 amide bonds. The van der Waals surface area contributed by atoms with E-state index in [0.717, 1.165) is 12.8 Å². The normalized spacial score (nSPS) is 13.4. The number of carboxylic acid groups (broad SMARTS) is 2. The number of aliphatic carboxylic acids is 2. The standard InChI is InChI=1S/C14H26O7S.2Na.H2O/c1-4-7-8-9-10-14(12(17)18,22(19,20)21)13(5-2,6-3)11(15)16;;;/h4-10H2,1-3H3,(H,15,16)(H,17,18)(H,19,20,21);;;1H2/q;2*+1;/p-2. The minimum Gasteiger partial charge on any atom is -0.549 e. The van der Waals surface area contributed by atoms with Crippen LogP contribution in [0.4, 0.5) is 0 Å². The Balaban J connectivity index is -0.000000735. The molecule has 1 atom stereocenters.